The van der Waals surface area contributed by atoms with Crippen molar-refractivity contribution in [2.24, 2.45) is 5.92 Å². The number of aryl methyl sites for hydroxylation is 1. The second-order valence-electron chi connectivity index (χ2n) is 7.59. The van der Waals surface area contributed by atoms with Gasteiger partial charge in [-0.2, -0.15) is 0 Å². The number of hydrogen-bond donors (Lipinski definition) is 1. The molecule has 2 aliphatic heterocycles. The Kier molecular flexibility index (Phi) is 5.93. The lowest BCUT2D eigenvalue weighted by Crippen LogP contribution is -2.53. The summed E-state index contributed by atoms with van der Waals surface area (Å²) >= 11 is 0. The Bertz CT molecular complexity index is 527. The van der Waals surface area contributed by atoms with Gasteiger partial charge in [-0.3, -0.25) is 4.90 Å². The number of hydrogen-bond acceptors (Lipinski definition) is 4. The van der Waals surface area contributed by atoms with Crippen LogP contribution in [0.15, 0.2) is 24.3 Å². The monoisotopic (exact) mass is 333 g/mol. The lowest BCUT2D eigenvalue weighted by Gasteiger charge is -2.42. The van der Waals surface area contributed by atoms with Crippen LogP contribution in [0.3, 0.4) is 0 Å². The highest BCUT2D eigenvalue weighted by molar-refractivity contribution is 5.22. The minimum absolute atomic E-state index is 0.239. The minimum atomic E-state index is -0.583. The van der Waals surface area contributed by atoms with E-state index in [0.29, 0.717) is 19.1 Å². The smallest absolute Gasteiger partial charge is 0.0817 e. The Morgan fingerprint density at radius 2 is 2.12 bits per heavy atom. The lowest BCUT2D eigenvalue weighted by molar-refractivity contribution is -0.0954. The van der Waals surface area contributed by atoms with E-state index in [1.165, 1.54) is 11.1 Å². The number of aliphatic hydroxyl groups is 1. The summed E-state index contributed by atoms with van der Waals surface area (Å²) < 4.78 is 11.2. The SMILES string of the molecule is CO[C@@H]1CN(CC2(O)CCOCC2)CC[C@@H]1Cc1cccc(C)c1. The van der Waals surface area contributed by atoms with E-state index in [1.54, 1.807) is 0 Å². The number of rotatable bonds is 5. The van der Waals surface area contributed by atoms with Crippen molar-refractivity contribution in [2.45, 2.75) is 44.3 Å². The Balaban J connectivity index is 1.57. The van der Waals surface area contributed by atoms with Gasteiger partial charge in [0.1, 0.15) is 0 Å². The Morgan fingerprint density at radius 1 is 1.33 bits per heavy atom. The summed E-state index contributed by atoms with van der Waals surface area (Å²) in [5, 5.41) is 10.8. The topological polar surface area (TPSA) is 41.9 Å². The summed E-state index contributed by atoms with van der Waals surface area (Å²) in [5.74, 6) is 0.553. The predicted octanol–water partition coefficient (Wildman–Crippen LogP) is 2.42. The third-order valence-corrected chi connectivity index (χ3v) is 5.60. The molecular weight excluding hydrogens is 302 g/mol. The van der Waals surface area contributed by atoms with Crippen LogP contribution in [0.25, 0.3) is 0 Å². The van der Waals surface area contributed by atoms with E-state index in [0.717, 1.165) is 45.3 Å². The Hall–Kier alpha value is -0.940. The molecule has 0 bridgehead atoms. The number of piperidine rings is 1. The van der Waals surface area contributed by atoms with Gasteiger partial charge in [0.15, 0.2) is 0 Å². The zero-order chi connectivity index (χ0) is 17.0. The quantitative estimate of drug-likeness (QED) is 0.898. The van der Waals surface area contributed by atoms with Crippen LogP contribution in [0, 0.1) is 12.8 Å². The number of methoxy groups -OCH3 is 1. The first-order valence-electron chi connectivity index (χ1n) is 9.19. The van der Waals surface area contributed by atoms with Crippen molar-refractivity contribution in [3.63, 3.8) is 0 Å². The van der Waals surface area contributed by atoms with Crippen LogP contribution in [-0.4, -0.2) is 61.7 Å². The van der Waals surface area contributed by atoms with E-state index in [9.17, 15) is 5.11 Å². The van der Waals surface area contributed by atoms with E-state index in [-0.39, 0.29) is 6.10 Å². The molecule has 4 nitrogen and oxygen atoms in total. The molecule has 1 aromatic rings. The zero-order valence-electron chi connectivity index (χ0n) is 15.0. The van der Waals surface area contributed by atoms with Crippen LogP contribution >= 0.6 is 0 Å². The van der Waals surface area contributed by atoms with Crippen LogP contribution in [0.2, 0.25) is 0 Å². The van der Waals surface area contributed by atoms with Crippen molar-refractivity contribution >= 4 is 0 Å². The van der Waals surface area contributed by atoms with Crippen molar-refractivity contribution in [1.82, 2.24) is 4.90 Å². The first-order valence-corrected chi connectivity index (χ1v) is 9.19. The average molecular weight is 333 g/mol. The summed E-state index contributed by atoms with van der Waals surface area (Å²) in [6.45, 7) is 6.19. The molecule has 0 aromatic heterocycles. The maximum absolute atomic E-state index is 10.8. The average Bonchev–Trinajstić information content (AvgIpc) is 2.56. The van der Waals surface area contributed by atoms with E-state index in [1.807, 2.05) is 7.11 Å². The van der Waals surface area contributed by atoms with Gasteiger partial charge in [0.25, 0.3) is 0 Å². The molecule has 0 amide bonds. The van der Waals surface area contributed by atoms with Gasteiger partial charge in [0.05, 0.1) is 11.7 Å². The molecule has 4 heteroatoms. The summed E-state index contributed by atoms with van der Waals surface area (Å²) in [7, 11) is 1.82. The fourth-order valence-corrected chi connectivity index (χ4v) is 4.14. The fraction of sp³-hybridized carbons (Fsp3) is 0.700. The first-order chi connectivity index (χ1) is 11.6. The molecule has 0 saturated carbocycles. The summed E-state index contributed by atoms with van der Waals surface area (Å²) in [4.78, 5) is 2.38. The molecule has 3 rings (SSSR count). The van der Waals surface area contributed by atoms with Crippen molar-refractivity contribution in [3.8, 4) is 0 Å². The number of β-amino-alcohol motifs (C(OH)–C–C–N with tert-alkyl or cyclic N) is 1. The first kappa shape index (κ1) is 17.9. The predicted molar refractivity (Wildman–Crippen MR) is 95.2 cm³/mol. The highest BCUT2D eigenvalue weighted by Gasteiger charge is 2.36. The Labute approximate surface area is 145 Å². The molecule has 0 aliphatic carbocycles. The largest absolute Gasteiger partial charge is 0.388 e. The maximum Gasteiger partial charge on any atom is 0.0817 e. The molecule has 1 aromatic carbocycles. The van der Waals surface area contributed by atoms with E-state index in [4.69, 9.17) is 9.47 Å². The van der Waals surface area contributed by atoms with Gasteiger partial charge in [-0.25, -0.2) is 0 Å². The van der Waals surface area contributed by atoms with Gasteiger partial charge in [-0.15, -0.1) is 0 Å². The zero-order valence-corrected chi connectivity index (χ0v) is 15.0. The molecule has 0 unspecified atom stereocenters. The number of nitrogens with zero attached hydrogens (tertiary/aromatic N) is 1. The number of ether oxygens (including phenoxy) is 2. The third-order valence-electron chi connectivity index (χ3n) is 5.60. The third kappa shape index (κ3) is 4.57. The van der Waals surface area contributed by atoms with E-state index in [2.05, 4.69) is 36.1 Å². The highest BCUT2D eigenvalue weighted by Crippen LogP contribution is 2.28. The molecule has 2 atom stereocenters. The van der Waals surface area contributed by atoms with Crippen molar-refractivity contribution < 1.29 is 14.6 Å². The second-order valence-corrected chi connectivity index (χ2v) is 7.59. The molecule has 0 radical (unpaired) electrons. The normalized spacial score (nSPS) is 28.0. The number of benzene rings is 1. The van der Waals surface area contributed by atoms with E-state index < -0.39 is 5.60 Å². The fourth-order valence-electron chi connectivity index (χ4n) is 4.14. The summed E-state index contributed by atoms with van der Waals surface area (Å²) in [6.07, 6.45) is 3.93. The molecule has 1 N–H and O–H groups in total. The van der Waals surface area contributed by atoms with Crippen LogP contribution in [-0.2, 0) is 15.9 Å². The molecule has 2 saturated heterocycles. The van der Waals surface area contributed by atoms with Crippen molar-refractivity contribution in [3.05, 3.63) is 35.4 Å². The Morgan fingerprint density at radius 3 is 2.83 bits per heavy atom. The van der Waals surface area contributed by atoms with Gasteiger partial charge in [-0.1, -0.05) is 29.8 Å². The van der Waals surface area contributed by atoms with Crippen molar-refractivity contribution in [2.75, 3.05) is 40.0 Å². The highest BCUT2D eigenvalue weighted by atomic mass is 16.5. The maximum atomic E-state index is 10.8. The van der Waals surface area contributed by atoms with Gasteiger partial charge in [0.2, 0.25) is 0 Å². The van der Waals surface area contributed by atoms with Gasteiger partial charge in [0, 0.05) is 46.3 Å². The molecule has 2 fully saturated rings. The molecule has 2 heterocycles. The molecule has 0 spiro atoms. The summed E-state index contributed by atoms with van der Waals surface area (Å²) in [5.41, 5.74) is 2.14. The molecule has 134 valence electrons. The van der Waals surface area contributed by atoms with Crippen LogP contribution in [0.4, 0.5) is 0 Å². The number of likely N-dealkylation sites (tertiary alicyclic amines) is 1. The van der Waals surface area contributed by atoms with Crippen LogP contribution in [0.1, 0.15) is 30.4 Å². The van der Waals surface area contributed by atoms with E-state index >= 15 is 0 Å². The standard InChI is InChI=1S/C20H31NO3/c1-16-4-3-5-17(12-16)13-18-6-9-21(14-19(18)23-2)15-20(22)7-10-24-11-8-20/h3-5,12,18-19,22H,6-11,13-15H2,1-2H3/t18-,19-/m1/s1. The van der Waals surface area contributed by atoms with Crippen molar-refractivity contribution in [1.29, 1.82) is 0 Å². The molecule has 2 aliphatic rings. The van der Waals surface area contributed by atoms with Gasteiger partial charge < -0.3 is 14.6 Å². The van der Waals surface area contributed by atoms with Crippen LogP contribution < -0.4 is 0 Å². The minimum Gasteiger partial charge on any atom is -0.388 e. The molecule has 24 heavy (non-hydrogen) atoms. The summed E-state index contributed by atoms with van der Waals surface area (Å²) in [6, 6.07) is 8.79. The van der Waals surface area contributed by atoms with Crippen LogP contribution in [0.5, 0.6) is 0 Å². The van der Waals surface area contributed by atoms with Gasteiger partial charge in [-0.05, 0) is 37.8 Å². The molecular formula is C20H31NO3. The second kappa shape index (κ2) is 7.96. The van der Waals surface area contributed by atoms with Gasteiger partial charge >= 0.3 is 0 Å². The lowest BCUT2D eigenvalue weighted by atomic mass is 9.86.